The molecule has 1 heterocycles. The number of fused-ring (bicyclic) bond motifs is 1. The van der Waals surface area contributed by atoms with E-state index in [2.05, 4.69) is 20.7 Å². The van der Waals surface area contributed by atoms with Gasteiger partial charge < -0.3 is 9.47 Å². The molecule has 0 aromatic heterocycles. The van der Waals surface area contributed by atoms with Crippen molar-refractivity contribution in [2.45, 2.75) is 18.9 Å². The van der Waals surface area contributed by atoms with E-state index >= 15 is 0 Å². The van der Waals surface area contributed by atoms with Gasteiger partial charge in [-0.25, -0.2) is 9.18 Å². The number of hydrogen-bond acceptors (Lipinski definition) is 3. The standard InChI is InChI=1S/C13H9BrF4O3/c1-20-12(19)9-4-6-2-8(14)3-7(5-15)10(6)21-11(9)13(16,17)18/h2-4,11H,5H2,1H3/t11-/m0/s1/i5D2. The Balaban J connectivity index is 2.70. The Bertz CT molecular complexity index is 683. The van der Waals surface area contributed by atoms with E-state index in [0.29, 0.717) is 0 Å². The lowest BCUT2D eigenvalue weighted by atomic mass is 9.99. The molecule has 0 N–H and O–H groups in total. The highest BCUT2D eigenvalue weighted by Crippen LogP contribution is 2.40. The Labute approximate surface area is 128 Å². The fourth-order valence-corrected chi connectivity index (χ4v) is 2.35. The average Bonchev–Trinajstić information content (AvgIpc) is 2.42. The number of esters is 1. The van der Waals surface area contributed by atoms with E-state index in [1.165, 1.54) is 6.07 Å². The Hall–Kier alpha value is -1.57. The van der Waals surface area contributed by atoms with Crippen molar-refractivity contribution in [1.29, 1.82) is 0 Å². The highest BCUT2D eigenvalue weighted by Gasteiger charge is 2.49. The number of methoxy groups -OCH3 is 1. The van der Waals surface area contributed by atoms with Crippen LogP contribution in [0.15, 0.2) is 22.2 Å². The molecule has 1 aliphatic rings. The number of hydrogen-bond donors (Lipinski definition) is 0. The number of rotatable bonds is 2. The predicted molar refractivity (Wildman–Crippen MR) is 69.4 cm³/mol. The number of benzene rings is 1. The van der Waals surface area contributed by atoms with Crippen molar-refractivity contribution in [3.05, 3.63) is 33.3 Å². The van der Waals surface area contributed by atoms with Crippen LogP contribution in [0.1, 0.15) is 13.9 Å². The zero-order valence-corrected chi connectivity index (χ0v) is 12.0. The summed E-state index contributed by atoms with van der Waals surface area (Å²) in [6.45, 7) is -3.43. The molecule has 0 radical (unpaired) electrons. The first-order valence-electron chi connectivity index (χ1n) is 6.51. The van der Waals surface area contributed by atoms with Crippen LogP contribution >= 0.6 is 15.9 Å². The maximum absolute atomic E-state index is 13.7. The molecule has 0 aliphatic carbocycles. The lowest BCUT2D eigenvalue weighted by Crippen LogP contribution is -2.40. The third-order valence-electron chi connectivity index (χ3n) is 2.73. The summed E-state index contributed by atoms with van der Waals surface area (Å²) < 4.78 is 76.5. The van der Waals surface area contributed by atoms with Crippen molar-refractivity contribution >= 4 is 28.0 Å². The molecule has 0 bridgehead atoms. The van der Waals surface area contributed by atoms with Crippen LogP contribution in [0, 0.1) is 0 Å². The summed E-state index contributed by atoms with van der Waals surface area (Å²) in [5.41, 5.74) is -1.59. The fraction of sp³-hybridized carbons (Fsp3) is 0.308. The zero-order chi connectivity index (χ0) is 17.6. The molecule has 1 aromatic rings. The summed E-state index contributed by atoms with van der Waals surface area (Å²) in [7, 11) is 0.915. The molecule has 8 heteroatoms. The van der Waals surface area contributed by atoms with Crippen LogP contribution in [-0.4, -0.2) is 25.4 Å². The molecular formula is C13H9BrF4O3. The molecule has 0 amide bonds. The van der Waals surface area contributed by atoms with E-state index in [1.54, 1.807) is 0 Å². The van der Waals surface area contributed by atoms with E-state index in [-0.39, 0.29) is 10.0 Å². The van der Waals surface area contributed by atoms with E-state index in [1.807, 2.05) is 0 Å². The van der Waals surface area contributed by atoms with Gasteiger partial charge in [0.15, 0.2) is 0 Å². The first-order valence-corrected chi connectivity index (χ1v) is 6.30. The third kappa shape index (κ3) is 3.04. The van der Waals surface area contributed by atoms with Crippen LogP contribution in [-0.2, 0) is 16.2 Å². The second-order valence-electron chi connectivity index (χ2n) is 4.10. The van der Waals surface area contributed by atoms with Crippen LogP contribution in [0.2, 0.25) is 0 Å². The Morgan fingerprint density at radius 1 is 1.52 bits per heavy atom. The largest absolute Gasteiger partial charge is 0.475 e. The first-order chi connectivity index (χ1) is 10.4. The summed E-state index contributed by atoms with van der Waals surface area (Å²) in [5.74, 6) is -1.86. The van der Waals surface area contributed by atoms with Crippen LogP contribution in [0.3, 0.4) is 0 Å². The third-order valence-corrected chi connectivity index (χ3v) is 3.19. The van der Waals surface area contributed by atoms with Gasteiger partial charge in [-0.05, 0) is 18.2 Å². The van der Waals surface area contributed by atoms with Gasteiger partial charge in [-0.15, -0.1) is 0 Å². The lowest BCUT2D eigenvalue weighted by Gasteiger charge is -2.28. The molecule has 0 saturated heterocycles. The van der Waals surface area contributed by atoms with Gasteiger partial charge in [-0.1, -0.05) is 15.9 Å². The van der Waals surface area contributed by atoms with E-state index in [9.17, 15) is 22.4 Å². The number of halogens is 5. The van der Waals surface area contributed by atoms with E-state index in [0.717, 1.165) is 19.3 Å². The highest BCUT2D eigenvalue weighted by atomic mass is 79.9. The number of carbonyl (C=O) groups excluding carboxylic acids is 1. The van der Waals surface area contributed by atoms with Crippen LogP contribution in [0.25, 0.3) is 6.08 Å². The smallest absolute Gasteiger partial charge is 0.430 e. The van der Waals surface area contributed by atoms with Gasteiger partial charge in [0.05, 0.1) is 15.4 Å². The molecule has 1 atom stereocenters. The van der Waals surface area contributed by atoms with Crippen molar-refractivity contribution in [3.8, 4) is 5.75 Å². The van der Waals surface area contributed by atoms with Gasteiger partial charge in [0.1, 0.15) is 12.4 Å². The minimum atomic E-state index is -4.97. The minimum Gasteiger partial charge on any atom is -0.475 e. The van der Waals surface area contributed by atoms with Crippen LogP contribution < -0.4 is 4.74 Å². The quantitative estimate of drug-likeness (QED) is 0.586. The summed E-state index contributed by atoms with van der Waals surface area (Å²) in [6.07, 6.45) is -6.79. The topological polar surface area (TPSA) is 35.5 Å². The van der Waals surface area contributed by atoms with Crippen molar-refractivity contribution < 1.29 is 34.6 Å². The number of alkyl halides is 4. The van der Waals surface area contributed by atoms with Crippen molar-refractivity contribution in [2.24, 2.45) is 0 Å². The van der Waals surface area contributed by atoms with Crippen molar-refractivity contribution in [2.75, 3.05) is 7.11 Å². The van der Waals surface area contributed by atoms with E-state index in [4.69, 9.17) is 7.48 Å². The molecule has 0 fully saturated rings. The summed E-state index contributed by atoms with van der Waals surface area (Å²) in [4.78, 5) is 11.6. The first kappa shape index (κ1) is 13.1. The maximum Gasteiger partial charge on any atom is 0.430 e. The molecule has 1 aliphatic heterocycles. The molecule has 0 spiro atoms. The van der Waals surface area contributed by atoms with Gasteiger partial charge in [-0.2, -0.15) is 13.2 Å². The van der Waals surface area contributed by atoms with Crippen molar-refractivity contribution in [3.63, 3.8) is 0 Å². The Morgan fingerprint density at radius 2 is 2.19 bits per heavy atom. The number of ether oxygens (including phenoxy) is 2. The second kappa shape index (κ2) is 5.67. The van der Waals surface area contributed by atoms with Crippen LogP contribution in [0.4, 0.5) is 17.6 Å². The Morgan fingerprint density at radius 3 is 2.71 bits per heavy atom. The highest BCUT2D eigenvalue weighted by molar-refractivity contribution is 9.10. The van der Waals surface area contributed by atoms with Gasteiger partial charge >= 0.3 is 12.1 Å². The summed E-state index contributed by atoms with van der Waals surface area (Å²) >= 11 is 3.01. The normalized spacial score (nSPS) is 19.7. The molecular weight excluding hydrogens is 360 g/mol. The second-order valence-corrected chi connectivity index (χ2v) is 5.01. The van der Waals surface area contributed by atoms with E-state index < -0.39 is 41.8 Å². The monoisotopic (exact) mass is 370 g/mol. The maximum atomic E-state index is 13.7. The van der Waals surface area contributed by atoms with Crippen molar-refractivity contribution in [1.82, 2.24) is 0 Å². The van der Waals surface area contributed by atoms with Crippen LogP contribution in [0.5, 0.6) is 5.75 Å². The molecule has 0 unspecified atom stereocenters. The Kier molecular flexibility index (Phi) is 3.54. The predicted octanol–water partition coefficient (Wildman–Crippen LogP) is 3.80. The summed E-state index contributed by atoms with van der Waals surface area (Å²) in [6, 6.07) is 2.25. The van der Waals surface area contributed by atoms with Gasteiger partial charge in [0.25, 0.3) is 0 Å². The minimum absolute atomic E-state index is 0.0724. The summed E-state index contributed by atoms with van der Waals surface area (Å²) in [5, 5.41) is 0. The number of carbonyl (C=O) groups is 1. The average molecular weight is 371 g/mol. The van der Waals surface area contributed by atoms with Gasteiger partial charge in [-0.3, -0.25) is 0 Å². The van der Waals surface area contributed by atoms with Gasteiger partial charge in [0.2, 0.25) is 6.10 Å². The zero-order valence-electron chi connectivity index (χ0n) is 12.4. The molecule has 0 saturated carbocycles. The molecule has 2 rings (SSSR count). The molecule has 3 nitrogen and oxygen atoms in total. The molecule has 1 aromatic carbocycles. The fourth-order valence-electron chi connectivity index (χ4n) is 1.88. The van der Waals surface area contributed by atoms with Gasteiger partial charge in [0, 0.05) is 15.6 Å². The lowest BCUT2D eigenvalue weighted by molar-refractivity contribution is -0.187. The molecule has 21 heavy (non-hydrogen) atoms. The SMILES string of the molecule is [2H]C([2H])(F)c1cc(Br)cc2c1O[C@H](C(F)(F)F)C(C(=O)OC)=C2. The molecule has 114 valence electrons.